The molecule has 2 amide bonds. The zero-order valence-electron chi connectivity index (χ0n) is 21.8. The van der Waals surface area contributed by atoms with Crippen molar-refractivity contribution in [3.63, 3.8) is 0 Å². The number of ether oxygens (including phenoxy) is 1. The molecule has 10 heteroatoms. The molecule has 0 unspecified atom stereocenters. The summed E-state index contributed by atoms with van der Waals surface area (Å²) in [4.78, 5) is 41.0. The molecule has 1 aliphatic heterocycles. The average Bonchev–Trinajstić information content (AvgIpc) is 3.11. The lowest BCUT2D eigenvalue weighted by atomic mass is 10.0. The molecule has 0 spiro atoms. The topological polar surface area (TPSA) is 135 Å². The molecule has 1 aromatic heterocycles. The predicted octanol–water partition coefficient (Wildman–Crippen LogP) is 6.31. The number of carbonyl (C=O) groups is 2. The largest absolute Gasteiger partial charge is 0.490 e. The van der Waals surface area contributed by atoms with E-state index in [9.17, 15) is 19.7 Å². The summed E-state index contributed by atoms with van der Waals surface area (Å²) in [5.74, 6) is -0.365. The number of nitrogens with zero attached hydrogens (tertiary/aromatic N) is 2. The minimum absolute atomic E-state index is 0.106. The Balaban J connectivity index is 1.22. The van der Waals surface area contributed by atoms with Gasteiger partial charge in [0, 0.05) is 11.5 Å². The third-order valence-corrected chi connectivity index (χ3v) is 6.81. The number of nitro groups is 1. The van der Waals surface area contributed by atoms with Crippen molar-refractivity contribution < 1.29 is 19.2 Å². The normalized spacial score (nSPS) is 11.9. The summed E-state index contributed by atoms with van der Waals surface area (Å²) in [7, 11) is 1.38. The monoisotopic (exact) mass is 545 g/mol. The van der Waals surface area contributed by atoms with Gasteiger partial charge in [-0.2, -0.15) is 0 Å². The van der Waals surface area contributed by atoms with Gasteiger partial charge in [0.15, 0.2) is 5.75 Å². The molecular weight excluding hydrogens is 522 g/mol. The van der Waals surface area contributed by atoms with Gasteiger partial charge in [0.1, 0.15) is 0 Å². The van der Waals surface area contributed by atoms with Gasteiger partial charge in [-0.3, -0.25) is 24.7 Å². The van der Waals surface area contributed by atoms with Gasteiger partial charge in [0.25, 0.3) is 5.91 Å². The number of nitrogens with one attached hydrogen (secondary N) is 3. The Morgan fingerprint density at radius 2 is 1.73 bits per heavy atom. The van der Waals surface area contributed by atoms with E-state index < -0.39 is 4.92 Å². The first-order valence-corrected chi connectivity index (χ1v) is 12.7. The Morgan fingerprint density at radius 3 is 2.56 bits per heavy atom. The number of hydrogen-bond acceptors (Lipinski definition) is 7. The van der Waals surface area contributed by atoms with Crippen LogP contribution in [-0.2, 0) is 11.2 Å². The molecule has 5 aromatic rings. The number of hydrogen-bond donors (Lipinski definition) is 3. The predicted molar refractivity (Wildman–Crippen MR) is 157 cm³/mol. The number of nitro benzene ring substituents is 1. The van der Waals surface area contributed by atoms with Crippen LogP contribution < -0.4 is 20.7 Å². The number of pyridine rings is 1. The van der Waals surface area contributed by atoms with Crippen molar-refractivity contribution in [1.82, 2.24) is 4.98 Å². The minimum Gasteiger partial charge on any atom is -0.490 e. The lowest BCUT2D eigenvalue weighted by Gasteiger charge is -2.12. The summed E-state index contributed by atoms with van der Waals surface area (Å²) in [5.41, 5.74) is 5.71. The highest BCUT2D eigenvalue weighted by Gasteiger charge is 2.21. The highest BCUT2D eigenvalue weighted by atomic mass is 16.6. The van der Waals surface area contributed by atoms with Gasteiger partial charge in [-0.1, -0.05) is 30.3 Å². The van der Waals surface area contributed by atoms with Crippen molar-refractivity contribution in [3.8, 4) is 16.9 Å². The summed E-state index contributed by atoms with van der Waals surface area (Å²) < 4.78 is 5.20. The number of aromatic nitrogens is 1. The Labute approximate surface area is 234 Å². The Bertz CT molecular complexity index is 1870. The lowest BCUT2D eigenvalue weighted by Crippen LogP contribution is -2.15. The molecule has 0 saturated carbocycles. The maximum atomic E-state index is 13.1. The van der Waals surface area contributed by atoms with Crippen molar-refractivity contribution in [3.05, 3.63) is 112 Å². The molecule has 202 valence electrons. The highest BCUT2D eigenvalue weighted by Crippen LogP contribution is 2.37. The van der Waals surface area contributed by atoms with Crippen molar-refractivity contribution >= 4 is 51.2 Å². The van der Waals surface area contributed by atoms with E-state index in [0.717, 1.165) is 22.0 Å². The molecule has 6 rings (SSSR count). The summed E-state index contributed by atoms with van der Waals surface area (Å²) in [6.45, 7) is 0. The number of rotatable bonds is 6. The van der Waals surface area contributed by atoms with E-state index in [-0.39, 0.29) is 29.7 Å². The molecule has 0 aliphatic carbocycles. The number of anilines is 4. The SMILES string of the molecule is COc1cc(-c2ccc3c(c2)Nc2ccc(CC(=O)Nc4cnc5ccccc5c4)cc2NC3=O)ccc1[N+](=O)[O-]. The van der Waals surface area contributed by atoms with E-state index in [1.54, 1.807) is 36.5 Å². The molecule has 41 heavy (non-hydrogen) atoms. The van der Waals surface area contributed by atoms with Crippen molar-refractivity contribution in [1.29, 1.82) is 0 Å². The molecule has 0 saturated heterocycles. The molecule has 0 bridgehead atoms. The Morgan fingerprint density at radius 1 is 0.927 bits per heavy atom. The van der Waals surface area contributed by atoms with E-state index in [4.69, 9.17) is 4.74 Å². The molecule has 0 fully saturated rings. The van der Waals surface area contributed by atoms with Gasteiger partial charge in [-0.25, -0.2) is 0 Å². The summed E-state index contributed by atoms with van der Waals surface area (Å²) in [6, 6.07) is 24.8. The number of amides is 2. The second-order valence-corrected chi connectivity index (χ2v) is 9.50. The van der Waals surface area contributed by atoms with Crippen molar-refractivity contribution in [2.75, 3.05) is 23.1 Å². The van der Waals surface area contributed by atoms with E-state index in [1.165, 1.54) is 13.2 Å². The van der Waals surface area contributed by atoms with Crippen LogP contribution in [0, 0.1) is 10.1 Å². The molecule has 1 aliphatic rings. The van der Waals surface area contributed by atoms with Gasteiger partial charge < -0.3 is 20.7 Å². The van der Waals surface area contributed by atoms with Crippen LogP contribution in [0.3, 0.4) is 0 Å². The lowest BCUT2D eigenvalue weighted by molar-refractivity contribution is -0.385. The number of methoxy groups -OCH3 is 1. The minimum atomic E-state index is -0.499. The number of fused-ring (bicyclic) bond motifs is 3. The molecule has 10 nitrogen and oxygen atoms in total. The fourth-order valence-corrected chi connectivity index (χ4v) is 4.81. The first kappa shape index (κ1) is 25.5. The van der Waals surface area contributed by atoms with E-state index in [0.29, 0.717) is 33.9 Å². The van der Waals surface area contributed by atoms with E-state index in [2.05, 4.69) is 20.9 Å². The summed E-state index contributed by atoms with van der Waals surface area (Å²) >= 11 is 0. The zero-order valence-corrected chi connectivity index (χ0v) is 21.8. The fourth-order valence-electron chi connectivity index (χ4n) is 4.81. The van der Waals surface area contributed by atoms with Crippen LogP contribution in [0.5, 0.6) is 5.75 Å². The van der Waals surface area contributed by atoms with Gasteiger partial charge in [-0.15, -0.1) is 0 Å². The second-order valence-electron chi connectivity index (χ2n) is 9.50. The van der Waals surface area contributed by atoms with E-state index in [1.807, 2.05) is 48.5 Å². The van der Waals surface area contributed by atoms with E-state index >= 15 is 0 Å². The molecule has 4 aromatic carbocycles. The highest BCUT2D eigenvalue weighted by molar-refractivity contribution is 6.12. The molecule has 2 heterocycles. The fraction of sp³-hybridized carbons (Fsp3) is 0.0645. The first-order chi connectivity index (χ1) is 19.9. The smallest absolute Gasteiger partial charge is 0.310 e. The molecular formula is C31H23N5O5. The van der Waals surface area contributed by atoms with Gasteiger partial charge in [0.05, 0.1) is 58.5 Å². The Hall–Kier alpha value is -5.77. The van der Waals surface area contributed by atoms with Gasteiger partial charge in [0.2, 0.25) is 5.91 Å². The third-order valence-electron chi connectivity index (χ3n) is 6.81. The third kappa shape index (κ3) is 5.13. The standard InChI is InChI=1S/C31H23N5O5/c1-41-29-16-20(8-11-28(29)36(39)40)19-7-9-23-26(15-19)34-25-10-6-18(12-27(25)35-31(23)38)13-30(37)33-22-14-21-4-2-3-5-24(21)32-17-22/h2-12,14-17,34H,13H2,1H3,(H,33,37)(H,35,38). The number of carbonyl (C=O) groups excluding carboxylic acids is 2. The van der Waals surface area contributed by atoms with Crippen LogP contribution in [-0.4, -0.2) is 28.8 Å². The molecule has 3 N–H and O–H groups in total. The maximum Gasteiger partial charge on any atom is 0.310 e. The second kappa shape index (κ2) is 10.4. The number of para-hydroxylation sites is 1. The Kier molecular flexibility index (Phi) is 6.48. The van der Waals surface area contributed by atoms with Crippen LogP contribution in [0.1, 0.15) is 15.9 Å². The first-order valence-electron chi connectivity index (χ1n) is 12.7. The van der Waals surface area contributed by atoms with Gasteiger partial charge in [-0.05, 0) is 65.2 Å². The molecule has 0 radical (unpaired) electrons. The van der Waals surface area contributed by atoms with Crippen LogP contribution in [0.4, 0.5) is 28.4 Å². The summed E-state index contributed by atoms with van der Waals surface area (Å²) in [6.07, 6.45) is 1.73. The van der Waals surface area contributed by atoms with Crippen LogP contribution >= 0.6 is 0 Å². The quantitative estimate of drug-likeness (QED) is 0.168. The summed E-state index contributed by atoms with van der Waals surface area (Å²) in [5, 5.41) is 21.3. The van der Waals surface area contributed by atoms with Gasteiger partial charge >= 0.3 is 5.69 Å². The maximum absolute atomic E-state index is 13.1. The average molecular weight is 546 g/mol. The molecule has 0 atom stereocenters. The van der Waals surface area contributed by atoms with Crippen LogP contribution in [0.25, 0.3) is 22.0 Å². The number of benzene rings is 4. The van der Waals surface area contributed by atoms with Crippen molar-refractivity contribution in [2.24, 2.45) is 0 Å². The van der Waals surface area contributed by atoms with Crippen LogP contribution in [0.2, 0.25) is 0 Å². The zero-order chi connectivity index (χ0) is 28.5. The van der Waals surface area contributed by atoms with Crippen molar-refractivity contribution in [2.45, 2.75) is 6.42 Å². The van der Waals surface area contributed by atoms with Crippen LogP contribution in [0.15, 0.2) is 91.1 Å².